The van der Waals surface area contributed by atoms with Crippen LogP contribution in [0, 0.1) is 5.41 Å². The van der Waals surface area contributed by atoms with E-state index in [-0.39, 0.29) is 12.5 Å². The Kier molecular flexibility index (Phi) is 4.09. The Morgan fingerprint density at radius 1 is 1.47 bits per heavy atom. The number of nitrogens with one attached hydrogen (secondary N) is 1. The molecule has 1 heterocycles. The van der Waals surface area contributed by atoms with Crippen LogP contribution in [0.1, 0.15) is 25.0 Å². The normalized spacial score (nSPS) is 17.1. The van der Waals surface area contributed by atoms with Crippen LogP contribution in [-0.4, -0.2) is 23.5 Å². The van der Waals surface area contributed by atoms with Crippen molar-refractivity contribution >= 4 is 33.9 Å². The molecule has 102 valence electrons. The minimum absolute atomic E-state index is 0.174. The number of rotatable bonds is 5. The molecule has 6 heteroatoms. The van der Waals surface area contributed by atoms with E-state index in [4.69, 9.17) is 9.52 Å². The maximum atomic E-state index is 11.6. The second-order valence-electron chi connectivity index (χ2n) is 4.63. The molecule has 0 aromatic carbocycles. The van der Waals surface area contributed by atoms with Gasteiger partial charge in [0.05, 0.1) is 5.41 Å². The third-order valence-corrected chi connectivity index (χ3v) is 3.78. The predicted octanol–water partition coefficient (Wildman–Crippen LogP) is 2.43. The summed E-state index contributed by atoms with van der Waals surface area (Å²) in [4.78, 5) is 22.7. The van der Waals surface area contributed by atoms with Gasteiger partial charge in [0, 0.05) is 12.6 Å². The lowest BCUT2D eigenvalue weighted by molar-refractivity contribution is -0.154. The van der Waals surface area contributed by atoms with Crippen LogP contribution in [0.4, 0.5) is 0 Å². The quantitative estimate of drug-likeness (QED) is 0.814. The summed E-state index contributed by atoms with van der Waals surface area (Å²) in [6.45, 7) is 0.174. The second kappa shape index (κ2) is 5.61. The summed E-state index contributed by atoms with van der Waals surface area (Å²) < 4.78 is 5.80. The number of carbonyl (C=O) groups excluding carboxylic acids is 1. The van der Waals surface area contributed by atoms with E-state index >= 15 is 0 Å². The van der Waals surface area contributed by atoms with Crippen molar-refractivity contribution in [3.63, 3.8) is 0 Å². The Balaban J connectivity index is 1.85. The summed E-state index contributed by atoms with van der Waals surface area (Å²) in [5, 5.41) is 11.7. The maximum Gasteiger partial charge on any atom is 0.311 e. The number of carboxylic acid groups (broad SMARTS) is 1. The Morgan fingerprint density at radius 2 is 2.21 bits per heavy atom. The van der Waals surface area contributed by atoms with Crippen molar-refractivity contribution in [1.29, 1.82) is 0 Å². The number of aliphatic carboxylic acids is 1. The molecule has 0 aliphatic heterocycles. The second-order valence-corrected chi connectivity index (χ2v) is 5.41. The molecule has 5 nitrogen and oxygen atoms in total. The summed E-state index contributed by atoms with van der Waals surface area (Å²) in [7, 11) is 0. The average Bonchev–Trinajstić information content (AvgIpc) is 2.70. The van der Waals surface area contributed by atoms with E-state index in [1.165, 1.54) is 12.2 Å². The molecule has 2 N–H and O–H groups in total. The lowest BCUT2D eigenvalue weighted by Gasteiger charge is -2.37. The van der Waals surface area contributed by atoms with E-state index < -0.39 is 11.4 Å². The molecule has 1 aliphatic carbocycles. The van der Waals surface area contributed by atoms with Crippen LogP contribution in [0.15, 0.2) is 27.3 Å². The molecule has 1 aromatic rings. The van der Waals surface area contributed by atoms with Crippen molar-refractivity contribution in [3.05, 3.63) is 28.6 Å². The molecule has 0 atom stereocenters. The van der Waals surface area contributed by atoms with E-state index in [1.807, 2.05) is 0 Å². The van der Waals surface area contributed by atoms with Crippen molar-refractivity contribution in [2.75, 3.05) is 6.54 Å². The standard InChI is InChI=1S/C13H14BrNO4/c14-10-4-2-9(19-10)3-5-11(16)15-8-13(12(17)18)6-1-7-13/h2-5H,1,6-8H2,(H,15,16)(H,17,18)/b5-3+. The van der Waals surface area contributed by atoms with Crippen molar-refractivity contribution in [2.24, 2.45) is 5.41 Å². The van der Waals surface area contributed by atoms with E-state index in [0.29, 0.717) is 23.3 Å². The summed E-state index contributed by atoms with van der Waals surface area (Å²) in [6.07, 6.45) is 5.02. The minimum Gasteiger partial charge on any atom is -0.481 e. The molecule has 0 bridgehead atoms. The lowest BCUT2D eigenvalue weighted by atomic mass is 9.69. The van der Waals surface area contributed by atoms with Crippen LogP contribution >= 0.6 is 15.9 Å². The van der Waals surface area contributed by atoms with E-state index in [0.717, 1.165) is 6.42 Å². The first-order valence-electron chi connectivity index (χ1n) is 5.96. The van der Waals surface area contributed by atoms with Crippen LogP contribution in [-0.2, 0) is 9.59 Å². The molecular formula is C13H14BrNO4. The number of hydrogen-bond donors (Lipinski definition) is 2. The van der Waals surface area contributed by atoms with Gasteiger partial charge in [-0.05, 0) is 47.0 Å². The molecule has 19 heavy (non-hydrogen) atoms. The number of hydrogen-bond acceptors (Lipinski definition) is 3. The Morgan fingerprint density at radius 3 is 2.68 bits per heavy atom. The number of halogens is 1. The number of furan rings is 1. The first kappa shape index (κ1) is 13.9. The zero-order valence-electron chi connectivity index (χ0n) is 10.2. The van der Waals surface area contributed by atoms with Crippen LogP contribution < -0.4 is 5.32 Å². The van der Waals surface area contributed by atoms with Gasteiger partial charge in [-0.15, -0.1) is 0 Å². The highest BCUT2D eigenvalue weighted by Gasteiger charge is 2.44. The topological polar surface area (TPSA) is 79.5 Å². The van der Waals surface area contributed by atoms with Crippen molar-refractivity contribution in [1.82, 2.24) is 5.32 Å². The van der Waals surface area contributed by atoms with Gasteiger partial charge in [-0.3, -0.25) is 9.59 Å². The molecule has 1 saturated carbocycles. The largest absolute Gasteiger partial charge is 0.481 e. The highest BCUT2D eigenvalue weighted by Crippen LogP contribution is 2.40. The van der Waals surface area contributed by atoms with Gasteiger partial charge in [0.15, 0.2) is 4.67 Å². The molecule has 1 fully saturated rings. The lowest BCUT2D eigenvalue weighted by Crippen LogP contribution is -2.47. The molecule has 1 aliphatic rings. The first-order chi connectivity index (χ1) is 9.02. The molecule has 2 rings (SSSR count). The van der Waals surface area contributed by atoms with E-state index in [2.05, 4.69) is 21.2 Å². The fourth-order valence-electron chi connectivity index (χ4n) is 1.96. The van der Waals surface area contributed by atoms with Crippen molar-refractivity contribution in [2.45, 2.75) is 19.3 Å². The average molecular weight is 328 g/mol. The van der Waals surface area contributed by atoms with Gasteiger partial charge in [0.25, 0.3) is 0 Å². The predicted molar refractivity (Wildman–Crippen MR) is 72.4 cm³/mol. The minimum atomic E-state index is -0.835. The van der Waals surface area contributed by atoms with Crippen molar-refractivity contribution in [3.8, 4) is 0 Å². The summed E-state index contributed by atoms with van der Waals surface area (Å²) in [5.41, 5.74) is -0.767. The highest BCUT2D eigenvalue weighted by atomic mass is 79.9. The van der Waals surface area contributed by atoms with Crippen LogP contribution in [0.2, 0.25) is 0 Å². The number of amides is 1. The third-order valence-electron chi connectivity index (χ3n) is 3.36. The molecule has 1 aromatic heterocycles. The highest BCUT2D eigenvalue weighted by molar-refractivity contribution is 9.10. The zero-order valence-corrected chi connectivity index (χ0v) is 11.8. The zero-order chi connectivity index (χ0) is 13.9. The van der Waals surface area contributed by atoms with Gasteiger partial charge in [0.1, 0.15) is 5.76 Å². The van der Waals surface area contributed by atoms with Gasteiger partial charge in [-0.2, -0.15) is 0 Å². The van der Waals surface area contributed by atoms with Crippen LogP contribution in [0.25, 0.3) is 6.08 Å². The van der Waals surface area contributed by atoms with Gasteiger partial charge in [0.2, 0.25) is 5.91 Å². The SMILES string of the molecule is O=C(/C=C/c1ccc(Br)o1)NCC1(C(=O)O)CCC1. The fraction of sp³-hybridized carbons (Fsp3) is 0.385. The maximum absolute atomic E-state index is 11.6. The van der Waals surface area contributed by atoms with Gasteiger partial charge in [-0.25, -0.2) is 0 Å². The van der Waals surface area contributed by atoms with Gasteiger partial charge < -0.3 is 14.8 Å². The molecule has 0 saturated heterocycles. The molecule has 0 radical (unpaired) electrons. The van der Waals surface area contributed by atoms with E-state index in [9.17, 15) is 9.59 Å². The number of carbonyl (C=O) groups is 2. The van der Waals surface area contributed by atoms with Gasteiger partial charge in [-0.1, -0.05) is 6.42 Å². The number of carboxylic acids is 1. The molecular weight excluding hydrogens is 314 g/mol. The van der Waals surface area contributed by atoms with Crippen LogP contribution in [0.5, 0.6) is 0 Å². The van der Waals surface area contributed by atoms with E-state index in [1.54, 1.807) is 12.1 Å². The molecule has 0 spiro atoms. The Hall–Kier alpha value is -1.56. The Bertz CT molecular complexity index is 516. The summed E-state index contributed by atoms with van der Waals surface area (Å²) >= 11 is 3.16. The summed E-state index contributed by atoms with van der Waals surface area (Å²) in [6, 6.07) is 3.45. The fourth-order valence-corrected chi connectivity index (χ4v) is 2.28. The molecule has 0 unspecified atom stereocenters. The van der Waals surface area contributed by atoms with Crippen molar-refractivity contribution < 1.29 is 19.1 Å². The Labute approximate surface area is 118 Å². The van der Waals surface area contributed by atoms with Crippen LogP contribution in [0.3, 0.4) is 0 Å². The smallest absolute Gasteiger partial charge is 0.311 e. The van der Waals surface area contributed by atoms with Gasteiger partial charge >= 0.3 is 5.97 Å². The summed E-state index contributed by atoms with van der Waals surface area (Å²) in [5.74, 6) is -0.600. The first-order valence-corrected chi connectivity index (χ1v) is 6.76. The monoisotopic (exact) mass is 327 g/mol. The third kappa shape index (κ3) is 3.26. The molecule has 1 amide bonds.